The van der Waals surface area contributed by atoms with E-state index in [4.69, 9.17) is 19.4 Å². The van der Waals surface area contributed by atoms with Gasteiger partial charge >= 0.3 is 0 Å². The lowest BCUT2D eigenvalue weighted by molar-refractivity contribution is 0.670. The zero-order chi connectivity index (χ0) is 34.2. The van der Waals surface area contributed by atoms with Crippen LogP contribution < -0.4 is 0 Å². The molecular formula is C47H27N3OS. The number of nitrogens with zero attached hydrogens (tertiary/aromatic N) is 3. The van der Waals surface area contributed by atoms with Crippen LogP contribution in [0.2, 0.25) is 0 Å². The van der Waals surface area contributed by atoms with Crippen molar-refractivity contribution in [3.8, 4) is 45.3 Å². The van der Waals surface area contributed by atoms with E-state index < -0.39 is 0 Å². The van der Waals surface area contributed by atoms with Gasteiger partial charge in [-0.25, -0.2) is 15.0 Å². The lowest BCUT2D eigenvalue weighted by Crippen LogP contribution is -2.01. The number of hydrogen-bond donors (Lipinski definition) is 0. The van der Waals surface area contributed by atoms with Gasteiger partial charge in [-0.05, 0) is 69.6 Å². The summed E-state index contributed by atoms with van der Waals surface area (Å²) in [5, 5.41) is 9.16. The van der Waals surface area contributed by atoms with Gasteiger partial charge in [0.05, 0.1) is 0 Å². The summed E-state index contributed by atoms with van der Waals surface area (Å²) in [7, 11) is 0. The van der Waals surface area contributed by atoms with Crippen molar-refractivity contribution in [3.63, 3.8) is 0 Å². The lowest BCUT2D eigenvalue weighted by atomic mass is 9.96. The number of rotatable bonds is 4. The summed E-state index contributed by atoms with van der Waals surface area (Å²) >= 11 is 1.78. The fraction of sp³-hybridized carbons (Fsp3) is 0. The van der Waals surface area contributed by atoms with Gasteiger partial charge in [-0.15, -0.1) is 11.3 Å². The molecule has 0 unspecified atom stereocenters. The average Bonchev–Trinajstić information content (AvgIpc) is 3.79. The van der Waals surface area contributed by atoms with Crippen molar-refractivity contribution >= 4 is 75.0 Å². The molecule has 0 spiro atoms. The van der Waals surface area contributed by atoms with E-state index >= 15 is 0 Å². The number of para-hydroxylation sites is 1. The maximum absolute atomic E-state index is 6.71. The van der Waals surface area contributed by atoms with Crippen molar-refractivity contribution in [2.75, 3.05) is 0 Å². The summed E-state index contributed by atoms with van der Waals surface area (Å²) in [6.45, 7) is 0. The molecule has 0 fully saturated rings. The van der Waals surface area contributed by atoms with Crippen LogP contribution in [0.4, 0.5) is 0 Å². The molecule has 3 aromatic heterocycles. The second kappa shape index (κ2) is 11.4. The molecule has 0 aliphatic rings. The summed E-state index contributed by atoms with van der Waals surface area (Å²) < 4.78 is 9.12. The van der Waals surface area contributed by atoms with Crippen LogP contribution in [0, 0.1) is 0 Å². The zero-order valence-electron chi connectivity index (χ0n) is 27.7. The molecule has 0 bridgehead atoms. The third-order valence-corrected chi connectivity index (χ3v) is 11.3. The van der Waals surface area contributed by atoms with E-state index in [1.165, 1.54) is 31.6 Å². The fourth-order valence-corrected chi connectivity index (χ4v) is 8.81. The van der Waals surface area contributed by atoms with E-state index in [0.717, 1.165) is 59.8 Å². The molecule has 52 heavy (non-hydrogen) atoms. The Morgan fingerprint density at radius 1 is 0.404 bits per heavy atom. The second-order valence-corrected chi connectivity index (χ2v) is 14.2. The van der Waals surface area contributed by atoms with Gasteiger partial charge in [-0.2, -0.15) is 0 Å². The SMILES string of the molecule is c1ccc2cc(-c3nc(-c4cccc5c4sc4ccccc45)nc(-c4ccc(-c5ccc6ccccc6c5)c5oc6ccccc6c45)n3)ccc2c1. The third kappa shape index (κ3) is 4.57. The van der Waals surface area contributed by atoms with E-state index in [0.29, 0.717) is 17.5 Å². The first-order valence-corrected chi connectivity index (χ1v) is 18.2. The molecule has 0 saturated carbocycles. The van der Waals surface area contributed by atoms with Gasteiger partial charge in [0.25, 0.3) is 0 Å². The number of thiophene rings is 1. The Kier molecular flexibility index (Phi) is 6.39. The molecule has 8 aromatic carbocycles. The van der Waals surface area contributed by atoms with Crippen LogP contribution in [0.1, 0.15) is 0 Å². The zero-order valence-corrected chi connectivity index (χ0v) is 28.6. The summed E-state index contributed by atoms with van der Waals surface area (Å²) in [5.41, 5.74) is 6.59. The topological polar surface area (TPSA) is 51.8 Å². The Labute approximate surface area is 302 Å². The molecule has 0 amide bonds. The number of furan rings is 1. The molecular weight excluding hydrogens is 655 g/mol. The van der Waals surface area contributed by atoms with Gasteiger partial charge in [0.2, 0.25) is 0 Å². The highest BCUT2D eigenvalue weighted by Crippen LogP contribution is 2.43. The molecule has 11 aromatic rings. The maximum Gasteiger partial charge on any atom is 0.165 e. The summed E-state index contributed by atoms with van der Waals surface area (Å²) in [5.74, 6) is 1.88. The van der Waals surface area contributed by atoms with Crippen molar-refractivity contribution in [1.82, 2.24) is 15.0 Å². The van der Waals surface area contributed by atoms with E-state index in [2.05, 4.69) is 152 Å². The first-order chi connectivity index (χ1) is 25.7. The monoisotopic (exact) mass is 681 g/mol. The molecule has 0 aliphatic carbocycles. The van der Waals surface area contributed by atoms with Gasteiger partial charge in [0, 0.05) is 53.2 Å². The highest BCUT2D eigenvalue weighted by Gasteiger charge is 2.22. The van der Waals surface area contributed by atoms with Crippen molar-refractivity contribution in [3.05, 3.63) is 164 Å². The van der Waals surface area contributed by atoms with Crippen molar-refractivity contribution in [1.29, 1.82) is 0 Å². The van der Waals surface area contributed by atoms with Crippen LogP contribution in [-0.4, -0.2) is 15.0 Å². The molecule has 0 saturated heterocycles. The van der Waals surface area contributed by atoms with Gasteiger partial charge in [-0.3, -0.25) is 0 Å². The normalized spacial score (nSPS) is 11.8. The van der Waals surface area contributed by atoms with Gasteiger partial charge < -0.3 is 4.42 Å². The maximum atomic E-state index is 6.71. The molecule has 0 aliphatic heterocycles. The van der Waals surface area contributed by atoms with Crippen LogP contribution in [0.5, 0.6) is 0 Å². The molecule has 4 nitrogen and oxygen atoms in total. The molecule has 242 valence electrons. The first-order valence-electron chi connectivity index (χ1n) is 17.3. The van der Waals surface area contributed by atoms with Crippen LogP contribution in [0.15, 0.2) is 168 Å². The number of hydrogen-bond acceptors (Lipinski definition) is 5. The Balaban J connectivity index is 1.19. The molecule has 0 N–H and O–H groups in total. The smallest absolute Gasteiger partial charge is 0.165 e. The molecule has 0 atom stereocenters. The Hall–Kier alpha value is -6.69. The minimum Gasteiger partial charge on any atom is -0.455 e. The minimum absolute atomic E-state index is 0.605. The van der Waals surface area contributed by atoms with E-state index in [1.807, 2.05) is 12.1 Å². The molecule has 0 radical (unpaired) electrons. The van der Waals surface area contributed by atoms with Crippen molar-refractivity contribution in [2.45, 2.75) is 0 Å². The largest absolute Gasteiger partial charge is 0.455 e. The highest BCUT2D eigenvalue weighted by atomic mass is 32.1. The molecule has 5 heteroatoms. The molecule has 11 rings (SSSR count). The summed E-state index contributed by atoms with van der Waals surface area (Å²) in [4.78, 5) is 15.8. The van der Waals surface area contributed by atoms with Gasteiger partial charge in [0.1, 0.15) is 11.2 Å². The standard InChI is InChI=1S/C47H27N3OS/c1-3-12-30-26-32(22-20-28(30)10-1)34-24-25-38(42-37-15-5-7-18-40(37)51-43(34)42)46-48-45(33-23-21-29-11-2-4-13-31(29)27-33)49-47(50-46)39-17-9-16-36-35-14-6-8-19-41(35)52-44(36)39/h1-27H. The van der Waals surface area contributed by atoms with E-state index in [9.17, 15) is 0 Å². The third-order valence-electron chi connectivity index (χ3n) is 10.1. The van der Waals surface area contributed by atoms with Gasteiger partial charge in [0.15, 0.2) is 17.5 Å². The predicted octanol–water partition coefficient (Wildman–Crippen LogP) is 13.1. The number of fused-ring (bicyclic) bond motifs is 8. The number of aromatic nitrogens is 3. The van der Waals surface area contributed by atoms with Crippen LogP contribution >= 0.6 is 11.3 Å². The Morgan fingerprint density at radius 2 is 1.00 bits per heavy atom. The second-order valence-electron chi connectivity index (χ2n) is 13.2. The van der Waals surface area contributed by atoms with Crippen LogP contribution in [0.3, 0.4) is 0 Å². The van der Waals surface area contributed by atoms with Gasteiger partial charge in [-0.1, -0.05) is 121 Å². The Bertz CT molecular complexity index is 3210. The van der Waals surface area contributed by atoms with E-state index in [-0.39, 0.29) is 0 Å². The fourth-order valence-electron chi connectivity index (χ4n) is 7.60. The predicted molar refractivity (Wildman–Crippen MR) is 217 cm³/mol. The quantitative estimate of drug-likeness (QED) is 0.185. The lowest BCUT2D eigenvalue weighted by Gasteiger charge is -2.12. The van der Waals surface area contributed by atoms with Crippen molar-refractivity contribution in [2.24, 2.45) is 0 Å². The van der Waals surface area contributed by atoms with Crippen LogP contribution in [0.25, 0.3) is 109 Å². The Morgan fingerprint density at radius 3 is 1.81 bits per heavy atom. The van der Waals surface area contributed by atoms with E-state index in [1.54, 1.807) is 11.3 Å². The highest BCUT2D eigenvalue weighted by molar-refractivity contribution is 7.26. The minimum atomic E-state index is 0.605. The summed E-state index contributed by atoms with van der Waals surface area (Å²) in [6.07, 6.45) is 0. The average molecular weight is 682 g/mol. The first kappa shape index (κ1) is 29.1. The summed E-state index contributed by atoms with van der Waals surface area (Å²) in [6, 6.07) is 57.4. The van der Waals surface area contributed by atoms with Crippen LogP contribution in [-0.2, 0) is 0 Å². The number of benzene rings is 8. The van der Waals surface area contributed by atoms with Crippen molar-refractivity contribution < 1.29 is 4.42 Å². The molecule has 3 heterocycles.